The molecule has 2 heterocycles. The third-order valence-corrected chi connectivity index (χ3v) is 4.03. The number of likely N-dealkylation sites (tertiary alicyclic amines) is 1. The molecular weight excluding hydrogens is 266 g/mol. The van der Waals surface area contributed by atoms with Gasteiger partial charge in [-0.25, -0.2) is 4.98 Å². The molecule has 1 aliphatic rings. The van der Waals surface area contributed by atoms with E-state index in [0.29, 0.717) is 18.8 Å². The molecule has 1 aliphatic heterocycles. The van der Waals surface area contributed by atoms with E-state index in [2.05, 4.69) is 36.0 Å². The number of amides is 1. The van der Waals surface area contributed by atoms with Crippen LogP contribution in [0.5, 0.6) is 0 Å². The van der Waals surface area contributed by atoms with Crippen LogP contribution < -0.4 is 11.1 Å². The van der Waals surface area contributed by atoms with Gasteiger partial charge in [-0.1, -0.05) is 0 Å². The van der Waals surface area contributed by atoms with Crippen LogP contribution in [0.4, 0.5) is 0 Å². The Morgan fingerprint density at radius 1 is 1.43 bits per heavy atom. The van der Waals surface area contributed by atoms with E-state index in [9.17, 15) is 4.79 Å². The molecule has 1 fully saturated rings. The summed E-state index contributed by atoms with van der Waals surface area (Å²) in [5, 5.41) is 3.09. The molecule has 0 spiro atoms. The van der Waals surface area contributed by atoms with Gasteiger partial charge in [0.25, 0.3) is 5.91 Å². The lowest BCUT2D eigenvalue weighted by Crippen LogP contribution is -2.50. The molecular formula is C15H27N5O. The Morgan fingerprint density at radius 2 is 2.10 bits per heavy atom. The van der Waals surface area contributed by atoms with Crippen LogP contribution in [0, 0.1) is 0 Å². The highest BCUT2D eigenvalue weighted by Gasteiger charge is 2.27. The summed E-state index contributed by atoms with van der Waals surface area (Å²) in [7, 11) is 0. The van der Waals surface area contributed by atoms with E-state index < -0.39 is 0 Å². The zero-order valence-electron chi connectivity index (χ0n) is 13.3. The Labute approximate surface area is 126 Å². The predicted octanol–water partition coefficient (Wildman–Crippen LogP) is 0.835. The number of carbonyl (C=O) groups is 1. The van der Waals surface area contributed by atoms with E-state index in [1.54, 1.807) is 12.5 Å². The van der Waals surface area contributed by atoms with Crippen molar-refractivity contribution in [1.82, 2.24) is 19.8 Å². The number of carbonyl (C=O) groups excluding carboxylic acids is 1. The van der Waals surface area contributed by atoms with Crippen LogP contribution in [-0.2, 0) is 6.54 Å². The number of nitrogens with zero attached hydrogens (tertiary/aromatic N) is 3. The van der Waals surface area contributed by atoms with Gasteiger partial charge in [0.2, 0.25) is 0 Å². The SMILES string of the molecule is CC(C)(C)N1CCC(NC(=O)c2cn(CCN)cn2)CC1. The van der Waals surface area contributed by atoms with Gasteiger partial charge in [0.1, 0.15) is 5.69 Å². The molecule has 1 amide bonds. The van der Waals surface area contributed by atoms with Crippen molar-refractivity contribution in [3.63, 3.8) is 0 Å². The number of aromatic nitrogens is 2. The predicted molar refractivity (Wildman–Crippen MR) is 83.1 cm³/mol. The van der Waals surface area contributed by atoms with Crippen LogP contribution in [0.3, 0.4) is 0 Å². The van der Waals surface area contributed by atoms with Gasteiger partial charge in [-0.15, -0.1) is 0 Å². The van der Waals surface area contributed by atoms with Crippen molar-refractivity contribution in [3.05, 3.63) is 18.2 Å². The minimum atomic E-state index is -0.0834. The first kappa shape index (κ1) is 16.0. The van der Waals surface area contributed by atoms with Crippen molar-refractivity contribution in [2.75, 3.05) is 19.6 Å². The molecule has 6 nitrogen and oxygen atoms in total. The molecule has 0 aromatic carbocycles. The van der Waals surface area contributed by atoms with Crippen LogP contribution in [0.15, 0.2) is 12.5 Å². The maximum absolute atomic E-state index is 12.2. The molecule has 1 aromatic rings. The normalized spacial score (nSPS) is 17.9. The van der Waals surface area contributed by atoms with Gasteiger partial charge in [-0.3, -0.25) is 9.69 Å². The topological polar surface area (TPSA) is 76.2 Å². The minimum absolute atomic E-state index is 0.0834. The Balaban J connectivity index is 1.84. The van der Waals surface area contributed by atoms with E-state index >= 15 is 0 Å². The summed E-state index contributed by atoms with van der Waals surface area (Å²) >= 11 is 0. The number of rotatable bonds is 4. The number of nitrogens with two attached hydrogens (primary N) is 1. The molecule has 3 N–H and O–H groups in total. The molecule has 6 heteroatoms. The first-order valence-corrected chi connectivity index (χ1v) is 7.68. The quantitative estimate of drug-likeness (QED) is 0.862. The molecule has 0 aliphatic carbocycles. The Hall–Kier alpha value is -1.40. The molecule has 0 unspecified atom stereocenters. The van der Waals surface area contributed by atoms with Crippen LogP contribution >= 0.6 is 0 Å². The van der Waals surface area contributed by atoms with Gasteiger partial charge >= 0.3 is 0 Å². The number of imidazole rings is 1. The van der Waals surface area contributed by atoms with Crippen LogP contribution in [-0.4, -0.2) is 51.6 Å². The van der Waals surface area contributed by atoms with Crippen LogP contribution in [0.1, 0.15) is 44.1 Å². The first-order chi connectivity index (χ1) is 9.90. The average Bonchev–Trinajstić information content (AvgIpc) is 2.87. The summed E-state index contributed by atoms with van der Waals surface area (Å²) < 4.78 is 1.84. The van der Waals surface area contributed by atoms with Crippen molar-refractivity contribution < 1.29 is 4.79 Å². The summed E-state index contributed by atoms with van der Waals surface area (Å²) in [6.45, 7) is 9.97. The summed E-state index contributed by atoms with van der Waals surface area (Å²) in [6, 6.07) is 0.246. The molecule has 0 bridgehead atoms. The highest BCUT2D eigenvalue weighted by molar-refractivity contribution is 5.92. The summed E-state index contributed by atoms with van der Waals surface area (Å²) in [5.74, 6) is -0.0834. The van der Waals surface area contributed by atoms with E-state index in [1.165, 1.54) is 0 Å². The second kappa shape index (κ2) is 6.58. The van der Waals surface area contributed by atoms with Gasteiger partial charge in [-0.05, 0) is 33.6 Å². The Morgan fingerprint density at radius 3 is 2.67 bits per heavy atom. The second-order valence-corrected chi connectivity index (χ2v) is 6.69. The molecule has 0 atom stereocenters. The molecule has 118 valence electrons. The van der Waals surface area contributed by atoms with Crippen molar-refractivity contribution in [1.29, 1.82) is 0 Å². The lowest BCUT2D eigenvalue weighted by molar-refractivity contribution is 0.0809. The van der Waals surface area contributed by atoms with Gasteiger partial charge < -0.3 is 15.6 Å². The van der Waals surface area contributed by atoms with Crippen molar-refractivity contribution in [3.8, 4) is 0 Å². The molecule has 1 saturated heterocycles. The zero-order valence-corrected chi connectivity index (χ0v) is 13.3. The smallest absolute Gasteiger partial charge is 0.271 e. The fraction of sp³-hybridized carbons (Fsp3) is 0.733. The van der Waals surface area contributed by atoms with Crippen molar-refractivity contribution in [2.45, 2.75) is 51.7 Å². The van der Waals surface area contributed by atoms with E-state index in [1.807, 2.05) is 4.57 Å². The molecule has 2 rings (SSSR count). The standard InChI is InChI=1S/C15H27N5O/c1-15(2,3)20-7-4-12(5-8-20)18-14(21)13-10-19(9-6-16)11-17-13/h10-12H,4-9,16H2,1-3H3,(H,18,21). The third kappa shape index (κ3) is 4.28. The van der Waals surface area contributed by atoms with Gasteiger partial charge in [0.05, 0.1) is 6.33 Å². The zero-order chi connectivity index (χ0) is 15.5. The summed E-state index contributed by atoms with van der Waals surface area (Å²) in [5.41, 5.74) is 6.17. The van der Waals surface area contributed by atoms with Gasteiger partial charge in [0.15, 0.2) is 0 Å². The minimum Gasteiger partial charge on any atom is -0.348 e. The lowest BCUT2D eigenvalue weighted by Gasteiger charge is -2.40. The maximum Gasteiger partial charge on any atom is 0.271 e. The third-order valence-electron chi connectivity index (χ3n) is 4.03. The Bertz CT molecular complexity index is 469. The van der Waals surface area contributed by atoms with E-state index in [0.717, 1.165) is 25.9 Å². The largest absolute Gasteiger partial charge is 0.348 e. The number of hydrogen-bond acceptors (Lipinski definition) is 4. The van der Waals surface area contributed by atoms with Gasteiger partial charge in [-0.2, -0.15) is 0 Å². The number of piperidine rings is 1. The lowest BCUT2D eigenvalue weighted by atomic mass is 9.98. The highest BCUT2D eigenvalue weighted by atomic mass is 16.2. The fourth-order valence-corrected chi connectivity index (χ4v) is 2.70. The molecule has 1 aromatic heterocycles. The molecule has 0 saturated carbocycles. The van der Waals surface area contributed by atoms with Crippen LogP contribution in [0.25, 0.3) is 0 Å². The number of hydrogen-bond donors (Lipinski definition) is 2. The maximum atomic E-state index is 12.2. The monoisotopic (exact) mass is 293 g/mol. The van der Waals surface area contributed by atoms with E-state index in [-0.39, 0.29) is 17.5 Å². The second-order valence-electron chi connectivity index (χ2n) is 6.69. The summed E-state index contributed by atoms with van der Waals surface area (Å²) in [4.78, 5) is 18.8. The fourth-order valence-electron chi connectivity index (χ4n) is 2.70. The number of nitrogens with one attached hydrogen (secondary N) is 1. The Kier molecular flexibility index (Phi) is 5.00. The van der Waals surface area contributed by atoms with Crippen molar-refractivity contribution in [2.24, 2.45) is 5.73 Å². The summed E-state index contributed by atoms with van der Waals surface area (Å²) in [6.07, 6.45) is 5.40. The highest BCUT2D eigenvalue weighted by Crippen LogP contribution is 2.20. The van der Waals surface area contributed by atoms with Crippen molar-refractivity contribution >= 4 is 5.91 Å². The average molecular weight is 293 g/mol. The first-order valence-electron chi connectivity index (χ1n) is 7.68. The molecule has 0 radical (unpaired) electrons. The van der Waals surface area contributed by atoms with E-state index in [4.69, 9.17) is 5.73 Å². The van der Waals surface area contributed by atoms with Crippen LogP contribution in [0.2, 0.25) is 0 Å². The van der Waals surface area contributed by atoms with Gasteiger partial charge in [0, 0.05) is 44.0 Å². The molecule has 21 heavy (non-hydrogen) atoms.